The van der Waals surface area contributed by atoms with Crippen molar-refractivity contribution < 1.29 is 0 Å². The van der Waals surface area contributed by atoms with Gasteiger partial charge in [0.1, 0.15) is 0 Å². The van der Waals surface area contributed by atoms with Crippen LogP contribution in [-0.4, -0.2) is 0 Å². The molecule has 4 rings (SSSR count). The molecule has 4 aromatic carbocycles. The molecule has 0 saturated heterocycles. The third kappa shape index (κ3) is 4.98. The summed E-state index contributed by atoms with van der Waals surface area (Å²) in [5, 5.41) is 0. The highest BCUT2D eigenvalue weighted by atomic mass is 14.1. The Hall–Kier alpha value is -3.12. The molecule has 0 unspecified atom stereocenters. The van der Waals surface area contributed by atoms with Crippen molar-refractivity contribution in [2.24, 2.45) is 0 Å². The van der Waals surface area contributed by atoms with Gasteiger partial charge in [-0.25, -0.2) is 0 Å². The summed E-state index contributed by atoms with van der Waals surface area (Å²) in [6.45, 7) is 8.56. The van der Waals surface area contributed by atoms with Crippen LogP contribution in [0.2, 0.25) is 0 Å². The van der Waals surface area contributed by atoms with Crippen LogP contribution in [-0.2, 0) is 0 Å². The van der Waals surface area contributed by atoms with Crippen LogP contribution in [0.15, 0.2) is 97.1 Å². The molecule has 0 aliphatic rings. The molecule has 0 aliphatic carbocycles. The standard InChI is InChI=1S/C21H20.C7H8/c1-15-8-11-18(12-9-15)19-13-10-17(3)21(14-19)20-7-5-4-6-16(20)2;1-7-5-3-2-4-6-7/h4-14H,1-3H3;2-6H,1H3. The molecule has 0 heterocycles. The fourth-order valence-electron chi connectivity index (χ4n) is 3.25. The number of hydrogen-bond donors (Lipinski definition) is 0. The predicted octanol–water partition coefficient (Wildman–Crippen LogP) is 7.94. The summed E-state index contributed by atoms with van der Waals surface area (Å²) < 4.78 is 0. The normalized spacial score (nSPS) is 10.1. The molecule has 0 radical (unpaired) electrons. The summed E-state index contributed by atoms with van der Waals surface area (Å²) in [6, 6.07) is 34.3. The Morgan fingerprint density at radius 3 is 1.54 bits per heavy atom. The molecule has 0 aliphatic heterocycles. The van der Waals surface area contributed by atoms with Crippen LogP contribution in [0.3, 0.4) is 0 Å². The fourth-order valence-corrected chi connectivity index (χ4v) is 3.25. The van der Waals surface area contributed by atoms with Crippen molar-refractivity contribution in [2.45, 2.75) is 27.7 Å². The Labute approximate surface area is 169 Å². The zero-order valence-corrected chi connectivity index (χ0v) is 17.2. The molecule has 0 heteroatoms. The molecule has 140 valence electrons. The maximum atomic E-state index is 2.31. The minimum Gasteiger partial charge on any atom is -0.0622 e. The zero-order valence-electron chi connectivity index (χ0n) is 17.2. The molecule has 0 fully saturated rings. The molecule has 0 nitrogen and oxygen atoms in total. The van der Waals surface area contributed by atoms with Crippen molar-refractivity contribution in [2.75, 3.05) is 0 Å². The van der Waals surface area contributed by atoms with Gasteiger partial charge in [0.25, 0.3) is 0 Å². The highest BCUT2D eigenvalue weighted by molar-refractivity contribution is 5.77. The number of aryl methyl sites for hydroxylation is 4. The number of hydrogen-bond acceptors (Lipinski definition) is 0. The van der Waals surface area contributed by atoms with Crippen molar-refractivity contribution in [3.05, 3.63) is 119 Å². The molecule has 0 saturated carbocycles. The van der Waals surface area contributed by atoms with Gasteiger partial charge in [-0.05, 0) is 67.1 Å². The van der Waals surface area contributed by atoms with E-state index in [1.807, 2.05) is 18.2 Å². The quantitative estimate of drug-likeness (QED) is 0.338. The second-order valence-electron chi connectivity index (χ2n) is 7.37. The molecule has 0 atom stereocenters. The Kier molecular flexibility index (Phi) is 6.45. The van der Waals surface area contributed by atoms with Gasteiger partial charge < -0.3 is 0 Å². The van der Waals surface area contributed by atoms with Gasteiger partial charge in [-0.3, -0.25) is 0 Å². The van der Waals surface area contributed by atoms with Crippen LogP contribution in [0.25, 0.3) is 22.3 Å². The number of rotatable bonds is 2. The van der Waals surface area contributed by atoms with E-state index in [-0.39, 0.29) is 0 Å². The lowest BCUT2D eigenvalue weighted by Crippen LogP contribution is -1.88. The summed E-state index contributed by atoms with van der Waals surface area (Å²) in [4.78, 5) is 0. The van der Waals surface area contributed by atoms with Gasteiger partial charge in [-0.15, -0.1) is 0 Å². The molecular formula is C28H28. The third-order valence-electron chi connectivity index (χ3n) is 5.00. The minimum absolute atomic E-state index is 1.27. The number of benzene rings is 4. The van der Waals surface area contributed by atoms with Crippen LogP contribution in [0.5, 0.6) is 0 Å². The molecular weight excluding hydrogens is 336 g/mol. The van der Waals surface area contributed by atoms with E-state index in [1.165, 1.54) is 44.5 Å². The lowest BCUT2D eigenvalue weighted by atomic mass is 9.93. The average molecular weight is 365 g/mol. The van der Waals surface area contributed by atoms with E-state index in [2.05, 4.69) is 107 Å². The molecule has 0 amide bonds. The van der Waals surface area contributed by atoms with Crippen molar-refractivity contribution >= 4 is 0 Å². The Morgan fingerprint density at radius 1 is 0.393 bits per heavy atom. The maximum Gasteiger partial charge on any atom is -0.0146 e. The SMILES string of the molecule is Cc1ccc(-c2ccc(C)c(-c3ccccc3C)c2)cc1.Cc1ccccc1. The Morgan fingerprint density at radius 2 is 0.929 bits per heavy atom. The summed E-state index contributed by atoms with van der Waals surface area (Å²) in [5.74, 6) is 0. The van der Waals surface area contributed by atoms with Crippen LogP contribution in [0, 0.1) is 27.7 Å². The van der Waals surface area contributed by atoms with E-state index in [9.17, 15) is 0 Å². The first kappa shape index (κ1) is 19.6. The van der Waals surface area contributed by atoms with Gasteiger partial charge in [0.15, 0.2) is 0 Å². The molecule has 28 heavy (non-hydrogen) atoms. The van der Waals surface area contributed by atoms with Crippen LogP contribution < -0.4 is 0 Å². The van der Waals surface area contributed by atoms with Gasteiger partial charge in [-0.1, -0.05) is 102 Å². The van der Waals surface area contributed by atoms with E-state index in [4.69, 9.17) is 0 Å². The lowest BCUT2D eigenvalue weighted by Gasteiger charge is -2.12. The van der Waals surface area contributed by atoms with E-state index in [0.717, 1.165) is 0 Å². The van der Waals surface area contributed by atoms with Crippen molar-refractivity contribution in [1.82, 2.24) is 0 Å². The second kappa shape index (κ2) is 9.19. The second-order valence-corrected chi connectivity index (χ2v) is 7.37. The molecule has 0 N–H and O–H groups in total. The van der Waals surface area contributed by atoms with Crippen molar-refractivity contribution in [3.63, 3.8) is 0 Å². The molecule has 0 aromatic heterocycles. The van der Waals surface area contributed by atoms with Crippen LogP contribution in [0.4, 0.5) is 0 Å². The van der Waals surface area contributed by atoms with E-state index in [0.29, 0.717) is 0 Å². The summed E-state index contributed by atoms with van der Waals surface area (Å²) in [6.07, 6.45) is 0. The molecule has 0 bridgehead atoms. The molecule has 0 spiro atoms. The monoisotopic (exact) mass is 364 g/mol. The average Bonchev–Trinajstić information content (AvgIpc) is 2.71. The van der Waals surface area contributed by atoms with Crippen LogP contribution >= 0.6 is 0 Å². The van der Waals surface area contributed by atoms with Gasteiger partial charge in [0.05, 0.1) is 0 Å². The first-order valence-electron chi connectivity index (χ1n) is 9.80. The molecule has 4 aromatic rings. The zero-order chi connectivity index (χ0) is 19.9. The van der Waals surface area contributed by atoms with Crippen LogP contribution in [0.1, 0.15) is 22.3 Å². The first-order chi connectivity index (χ1) is 13.5. The largest absolute Gasteiger partial charge is 0.0622 e. The summed E-state index contributed by atoms with van der Waals surface area (Å²) >= 11 is 0. The highest BCUT2D eigenvalue weighted by Gasteiger charge is 2.07. The van der Waals surface area contributed by atoms with E-state index < -0.39 is 0 Å². The van der Waals surface area contributed by atoms with Gasteiger partial charge in [-0.2, -0.15) is 0 Å². The topological polar surface area (TPSA) is 0 Å². The smallest absolute Gasteiger partial charge is 0.0146 e. The van der Waals surface area contributed by atoms with Gasteiger partial charge in [0, 0.05) is 0 Å². The van der Waals surface area contributed by atoms with Crippen molar-refractivity contribution in [3.8, 4) is 22.3 Å². The van der Waals surface area contributed by atoms with E-state index in [1.54, 1.807) is 0 Å². The van der Waals surface area contributed by atoms with Gasteiger partial charge >= 0.3 is 0 Å². The minimum atomic E-state index is 1.27. The highest BCUT2D eigenvalue weighted by Crippen LogP contribution is 2.31. The Bertz CT molecular complexity index is 1030. The first-order valence-corrected chi connectivity index (χ1v) is 9.80. The third-order valence-corrected chi connectivity index (χ3v) is 5.00. The predicted molar refractivity (Wildman–Crippen MR) is 123 cm³/mol. The lowest BCUT2D eigenvalue weighted by molar-refractivity contribution is 1.40. The maximum absolute atomic E-state index is 2.31. The van der Waals surface area contributed by atoms with E-state index >= 15 is 0 Å². The van der Waals surface area contributed by atoms with Crippen molar-refractivity contribution in [1.29, 1.82) is 0 Å². The summed E-state index contributed by atoms with van der Waals surface area (Å²) in [5.41, 5.74) is 10.5. The fraction of sp³-hybridized carbons (Fsp3) is 0.143. The van der Waals surface area contributed by atoms with Gasteiger partial charge in [0.2, 0.25) is 0 Å². The summed E-state index contributed by atoms with van der Waals surface area (Å²) in [7, 11) is 0. The Balaban J connectivity index is 0.000000271.